The largest absolute Gasteiger partial charge is 0.354 e. The van der Waals surface area contributed by atoms with Gasteiger partial charge in [-0.05, 0) is 0 Å². The molecule has 11 heavy (non-hydrogen) atoms. The van der Waals surface area contributed by atoms with E-state index < -0.39 is 21.2 Å². The maximum absolute atomic E-state index is 12.3. The van der Waals surface area contributed by atoms with Gasteiger partial charge >= 0.3 is 10.2 Å². The summed E-state index contributed by atoms with van der Waals surface area (Å²) in [7, 11) is -5.08. The zero-order valence-corrected chi connectivity index (χ0v) is 5.85. The van der Waals surface area contributed by atoms with Crippen molar-refractivity contribution in [2.75, 3.05) is 0 Å². The second-order valence-electron chi connectivity index (χ2n) is 1.59. The molecule has 0 aliphatic rings. The maximum Gasteiger partial charge on any atom is 0.354 e. The third-order valence-electron chi connectivity index (χ3n) is 0.854. The van der Waals surface area contributed by atoms with Crippen LogP contribution < -0.4 is 0 Å². The van der Waals surface area contributed by atoms with Crippen LogP contribution in [0.2, 0.25) is 0 Å². The Morgan fingerprint density at radius 1 is 1.27 bits per heavy atom. The van der Waals surface area contributed by atoms with Crippen LogP contribution >= 0.6 is 0 Å². The van der Waals surface area contributed by atoms with Crippen molar-refractivity contribution in [3.05, 3.63) is 18.3 Å². The highest BCUT2D eigenvalue weighted by molar-refractivity contribution is 7.86. The van der Waals surface area contributed by atoms with Gasteiger partial charge in [0.15, 0.2) is 0 Å². The van der Waals surface area contributed by atoms with Gasteiger partial charge in [-0.2, -0.15) is 12.8 Å². The molecule has 0 fully saturated rings. The predicted octanol–water partition coefficient (Wildman–Crippen LogP) is 0.274. The summed E-state index contributed by atoms with van der Waals surface area (Å²) < 4.78 is 44.4. The number of rotatable bonds is 1. The predicted molar refractivity (Wildman–Crippen MR) is 30.3 cm³/mol. The van der Waals surface area contributed by atoms with Crippen LogP contribution in [-0.2, 0) is 10.2 Å². The van der Waals surface area contributed by atoms with Gasteiger partial charge < -0.3 is 0 Å². The van der Waals surface area contributed by atoms with E-state index in [2.05, 4.69) is 9.97 Å². The minimum Gasteiger partial charge on any atom is -0.237 e. The molecule has 1 aromatic heterocycles. The van der Waals surface area contributed by atoms with Crippen molar-refractivity contribution in [1.29, 1.82) is 0 Å². The van der Waals surface area contributed by atoms with Crippen LogP contribution in [0.3, 0.4) is 0 Å². The van der Waals surface area contributed by atoms with Gasteiger partial charge in [0.1, 0.15) is 0 Å². The highest BCUT2D eigenvalue weighted by Gasteiger charge is 2.19. The Hall–Kier alpha value is -1.11. The summed E-state index contributed by atoms with van der Waals surface area (Å²) in [5.41, 5.74) is 0. The first-order valence-corrected chi connectivity index (χ1v) is 3.81. The molecule has 0 saturated carbocycles. The number of hydrogen-bond donors (Lipinski definition) is 0. The van der Waals surface area contributed by atoms with E-state index in [1.807, 2.05) is 0 Å². The zero-order chi connectivity index (χ0) is 8.48. The number of hydrogen-bond acceptors (Lipinski definition) is 4. The van der Waals surface area contributed by atoms with E-state index in [4.69, 9.17) is 0 Å². The van der Waals surface area contributed by atoms with Crippen molar-refractivity contribution in [2.45, 2.75) is 5.03 Å². The van der Waals surface area contributed by atoms with Crippen molar-refractivity contribution in [1.82, 2.24) is 9.97 Å². The molecule has 0 atom stereocenters. The fourth-order valence-corrected chi connectivity index (χ4v) is 0.913. The molecule has 1 aromatic rings. The van der Waals surface area contributed by atoms with Crippen LogP contribution in [0, 0.1) is 5.95 Å². The van der Waals surface area contributed by atoms with Crippen LogP contribution in [0.1, 0.15) is 0 Å². The summed E-state index contributed by atoms with van der Waals surface area (Å²) in [4.78, 5) is 5.85. The molecule has 0 spiro atoms. The lowest BCUT2D eigenvalue weighted by molar-refractivity contribution is 0.503. The highest BCUT2D eigenvalue weighted by atomic mass is 32.3. The summed E-state index contributed by atoms with van der Waals surface area (Å²) >= 11 is 0. The summed E-state index contributed by atoms with van der Waals surface area (Å²) in [6.45, 7) is 0. The van der Waals surface area contributed by atoms with Crippen LogP contribution in [0.25, 0.3) is 0 Å². The molecule has 0 aliphatic heterocycles. The summed E-state index contributed by atoms with van der Waals surface area (Å²) in [5.74, 6) is -1.44. The van der Waals surface area contributed by atoms with Gasteiger partial charge in [0.25, 0.3) is 5.95 Å². The lowest BCUT2D eigenvalue weighted by atomic mass is 10.7. The van der Waals surface area contributed by atoms with Crippen molar-refractivity contribution in [2.24, 2.45) is 0 Å². The smallest absolute Gasteiger partial charge is 0.237 e. The van der Waals surface area contributed by atoms with Gasteiger partial charge in [0, 0.05) is 12.4 Å². The number of aromatic nitrogens is 2. The average molecular weight is 180 g/mol. The molecule has 60 valence electrons. The SMILES string of the molecule is O=S(=O)(F)c1nccnc1F. The molecule has 0 aromatic carbocycles. The molecule has 4 nitrogen and oxygen atoms in total. The standard InChI is InChI=1S/C4H2F2N2O2S/c5-3-4(11(6,9)10)8-2-1-7-3/h1-2H. The van der Waals surface area contributed by atoms with Crippen LogP contribution in [0.4, 0.5) is 8.28 Å². The summed E-state index contributed by atoms with van der Waals surface area (Å²) in [6, 6.07) is 0. The third kappa shape index (κ3) is 1.67. The molecule has 1 heterocycles. The van der Waals surface area contributed by atoms with Gasteiger partial charge in [0.2, 0.25) is 5.03 Å². The molecule has 0 radical (unpaired) electrons. The van der Waals surface area contributed by atoms with Gasteiger partial charge in [0.05, 0.1) is 0 Å². The first kappa shape index (κ1) is 7.99. The van der Waals surface area contributed by atoms with Gasteiger partial charge in [-0.25, -0.2) is 9.97 Å². The minimum atomic E-state index is -5.08. The Labute approximate surface area is 61.1 Å². The monoisotopic (exact) mass is 180 g/mol. The lowest BCUT2D eigenvalue weighted by Crippen LogP contribution is -2.01. The second kappa shape index (κ2) is 2.50. The van der Waals surface area contributed by atoms with Crippen molar-refractivity contribution < 1.29 is 16.7 Å². The molecule has 0 aliphatic carbocycles. The Morgan fingerprint density at radius 2 is 1.82 bits per heavy atom. The molecule has 0 bridgehead atoms. The van der Waals surface area contributed by atoms with E-state index in [9.17, 15) is 16.7 Å². The minimum absolute atomic E-state index is 0.884. The van der Waals surface area contributed by atoms with Gasteiger partial charge in [-0.15, -0.1) is 0 Å². The molecule has 0 unspecified atom stereocenters. The Kier molecular flexibility index (Phi) is 1.81. The molecular weight excluding hydrogens is 178 g/mol. The molecule has 0 saturated heterocycles. The first-order chi connectivity index (χ1) is 5.02. The van der Waals surface area contributed by atoms with E-state index in [0.717, 1.165) is 12.4 Å². The summed E-state index contributed by atoms with van der Waals surface area (Å²) in [6.07, 6.45) is 1.81. The van der Waals surface area contributed by atoms with Crippen molar-refractivity contribution in [3.63, 3.8) is 0 Å². The normalized spacial score (nSPS) is 11.5. The molecular formula is C4H2F2N2O2S. The van der Waals surface area contributed by atoms with E-state index in [0.29, 0.717) is 0 Å². The highest BCUT2D eigenvalue weighted by Crippen LogP contribution is 2.09. The van der Waals surface area contributed by atoms with E-state index >= 15 is 0 Å². The topological polar surface area (TPSA) is 59.9 Å². The Bertz CT molecular complexity index is 364. The zero-order valence-electron chi connectivity index (χ0n) is 5.03. The van der Waals surface area contributed by atoms with Crippen molar-refractivity contribution in [3.8, 4) is 0 Å². The van der Waals surface area contributed by atoms with Gasteiger partial charge in [-0.1, -0.05) is 3.89 Å². The number of nitrogens with zero attached hydrogens (tertiary/aromatic N) is 2. The van der Waals surface area contributed by atoms with Crippen molar-refractivity contribution >= 4 is 10.2 Å². The van der Waals surface area contributed by atoms with E-state index in [1.165, 1.54) is 0 Å². The second-order valence-corrected chi connectivity index (χ2v) is 2.85. The van der Waals surface area contributed by atoms with Gasteiger partial charge in [-0.3, -0.25) is 0 Å². The molecule has 7 heteroatoms. The van der Waals surface area contributed by atoms with Crippen LogP contribution in [0.15, 0.2) is 17.4 Å². The number of halogens is 2. The van der Waals surface area contributed by atoms with E-state index in [-0.39, 0.29) is 0 Å². The lowest BCUT2D eigenvalue weighted by Gasteiger charge is -1.91. The fraction of sp³-hybridized carbons (Fsp3) is 0. The van der Waals surface area contributed by atoms with E-state index in [1.54, 1.807) is 0 Å². The molecule has 1 rings (SSSR count). The Balaban J connectivity index is 3.37. The quantitative estimate of drug-likeness (QED) is 0.582. The average Bonchev–Trinajstić information content (AvgIpc) is 1.86. The summed E-state index contributed by atoms with van der Waals surface area (Å²) in [5, 5.41) is -1.28. The maximum atomic E-state index is 12.3. The molecule has 0 amide bonds. The van der Waals surface area contributed by atoms with Crippen LogP contribution in [0.5, 0.6) is 0 Å². The molecule has 0 N–H and O–H groups in total. The fourth-order valence-electron chi connectivity index (χ4n) is 0.472. The first-order valence-electron chi connectivity index (χ1n) is 2.43. The Morgan fingerprint density at radius 3 is 2.18 bits per heavy atom. The third-order valence-corrected chi connectivity index (χ3v) is 1.59. The van der Waals surface area contributed by atoms with Crippen LogP contribution in [-0.4, -0.2) is 18.4 Å².